The van der Waals surface area contributed by atoms with Gasteiger partial charge in [0.2, 0.25) is 0 Å². The van der Waals surface area contributed by atoms with Crippen LogP contribution in [0.4, 0.5) is 13.2 Å². The molecule has 1 rings (SSSR count). The topological polar surface area (TPSA) is 53.7 Å². The SMILES string of the molecule is COc1cc(OC)cc(OCC(C(N)=S)C(F)(F)F)c1. The van der Waals surface area contributed by atoms with Crippen LogP contribution in [0, 0.1) is 5.92 Å². The Hall–Kier alpha value is -1.70. The van der Waals surface area contributed by atoms with Gasteiger partial charge in [0.15, 0.2) is 0 Å². The van der Waals surface area contributed by atoms with Crippen LogP contribution >= 0.6 is 12.2 Å². The summed E-state index contributed by atoms with van der Waals surface area (Å²) in [5.41, 5.74) is 5.08. The average molecular weight is 309 g/mol. The Morgan fingerprint density at radius 1 is 1.15 bits per heavy atom. The summed E-state index contributed by atoms with van der Waals surface area (Å²) >= 11 is 4.41. The Kier molecular flexibility index (Phi) is 5.43. The van der Waals surface area contributed by atoms with Crippen molar-refractivity contribution >= 4 is 17.2 Å². The van der Waals surface area contributed by atoms with Crippen molar-refractivity contribution in [3.63, 3.8) is 0 Å². The zero-order chi connectivity index (χ0) is 15.3. The molecule has 0 saturated heterocycles. The predicted octanol–water partition coefficient (Wildman–Crippen LogP) is 2.55. The van der Waals surface area contributed by atoms with Crippen molar-refractivity contribution in [2.24, 2.45) is 11.7 Å². The molecule has 0 amide bonds. The summed E-state index contributed by atoms with van der Waals surface area (Å²) < 4.78 is 53.1. The molecule has 1 unspecified atom stereocenters. The highest BCUT2D eigenvalue weighted by molar-refractivity contribution is 7.80. The van der Waals surface area contributed by atoms with Crippen molar-refractivity contribution in [1.29, 1.82) is 0 Å². The first-order valence-electron chi connectivity index (χ1n) is 5.49. The number of ether oxygens (including phenoxy) is 3. The van der Waals surface area contributed by atoms with E-state index in [2.05, 4.69) is 12.2 Å². The highest BCUT2D eigenvalue weighted by Crippen LogP contribution is 2.30. The molecular weight excluding hydrogens is 295 g/mol. The van der Waals surface area contributed by atoms with Crippen LogP contribution in [-0.2, 0) is 0 Å². The van der Waals surface area contributed by atoms with Crippen LogP contribution in [-0.4, -0.2) is 32.0 Å². The van der Waals surface area contributed by atoms with Gasteiger partial charge in [-0.3, -0.25) is 0 Å². The summed E-state index contributed by atoms with van der Waals surface area (Å²) in [6, 6.07) is 4.45. The van der Waals surface area contributed by atoms with Gasteiger partial charge in [-0.15, -0.1) is 0 Å². The van der Waals surface area contributed by atoms with E-state index < -0.39 is 23.7 Å². The zero-order valence-electron chi connectivity index (χ0n) is 10.9. The molecule has 0 spiro atoms. The van der Waals surface area contributed by atoms with Crippen LogP contribution in [0.15, 0.2) is 18.2 Å². The molecule has 0 radical (unpaired) electrons. The number of hydrogen-bond acceptors (Lipinski definition) is 4. The molecule has 0 aliphatic heterocycles. The minimum atomic E-state index is -4.55. The Bertz CT molecular complexity index is 457. The molecule has 1 aromatic carbocycles. The van der Waals surface area contributed by atoms with Crippen LogP contribution in [0.25, 0.3) is 0 Å². The van der Waals surface area contributed by atoms with Crippen molar-refractivity contribution in [1.82, 2.24) is 0 Å². The Balaban J connectivity index is 2.85. The van der Waals surface area contributed by atoms with Crippen molar-refractivity contribution in [3.05, 3.63) is 18.2 Å². The summed E-state index contributed by atoms with van der Waals surface area (Å²) in [6.45, 7) is -0.699. The lowest BCUT2D eigenvalue weighted by Crippen LogP contribution is -2.38. The van der Waals surface area contributed by atoms with Gasteiger partial charge in [-0.2, -0.15) is 13.2 Å². The molecule has 1 aromatic rings. The Morgan fingerprint density at radius 3 is 1.95 bits per heavy atom. The molecule has 0 heterocycles. The number of hydrogen-bond donors (Lipinski definition) is 1. The van der Waals surface area contributed by atoms with Gasteiger partial charge in [0.25, 0.3) is 0 Å². The number of methoxy groups -OCH3 is 2. The van der Waals surface area contributed by atoms with E-state index >= 15 is 0 Å². The first kappa shape index (κ1) is 16.4. The zero-order valence-corrected chi connectivity index (χ0v) is 11.7. The molecule has 112 valence electrons. The third-order valence-corrected chi connectivity index (χ3v) is 2.76. The van der Waals surface area contributed by atoms with Gasteiger partial charge in [-0.05, 0) is 0 Å². The summed E-state index contributed by atoms with van der Waals surface area (Å²) in [6.07, 6.45) is -4.55. The fraction of sp³-hybridized carbons (Fsp3) is 0.417. The van der Waals surface area contributed by atoms with E-state index in [0.717, 1.165) is 0 Å². The van der Waals surface area contributed by atoms with E-state index in [9.17, 15) is 13.2 Å². The molecule has 0 fully saturated rings. The number of benzene rings is 1. The van der Waals surface area contributed by atoms with Gasteiger partial charge in [-0.25, -0.2) is 0 Å². The lowest BCUT2D eigenvalue weighted by molar-refractivity contribution is -0.161. The number of nitrogens with two attached hydrogens (primary N) is 1. The third kappa shape index (κ3) is 4.44. The Morgan fingerprint density at radius 2 is 1.60 bits per heavy atom. The van der Waals surface area contributed by atoms with Gasteiger partial charge in [0.1, 0.15) is 29.8 Å². The van der Waals surface area contributed by atoms with E-state index in [1.54, 1.807) is 6.07 Å². The maximum absolute atomic E-state index is 12.7. The van der Waals surface area contributed by atoms with E-state index in [0.29, 0.717) is 11.5 Å². The second-order valence-corrected chi connectivity index (χ2v) is 4.33. The van der Waals surface area contributed by atoms with Crippen molar-refractivity contribution in [2.75, 3.05) is 20.8 Å². The first-order chi connectivity index (χ1) is 9.27. The van der Waals surface area contributed by atoms with E-state index in [-0.39, 0.29) is 5.75 Å². The summed E-state index contributed by atoms with van der Waals surface area (Å²) in [4.78, 5) is -0.660. The average Bonchev–Trinajstić information content (AvgIpc) is 2.36. The minimum absolute atomic E-state index is 0.173. The van der Waals surface area contributed by atoms with Crippen molar-refractivity contribution in [3.8, 4) is 17.2 Å². The molecule has 8 heteroatoms. The second-order valence-electron chi connectivity index (χ2n) is 3.86. The maximum atomic E-state index is 12.7. The standard InChI is InChI=1S/C12H14F3NO3S/c1-17-7-3-8(18-2)5-9(4-7)19-6-10(11(16)20)12(13,14)15/h3-5,10H,6H2,1-2H3,(H2,16,20). The van der Waals surface area contributed by atoms with Gasteiger partial charge in [0.05, 0.1) is 19.2 Å². The first-order valence-corrected chi connectivity index (χ1v) is 5.90. The molecule has 0 aliphatic carbocycles. The molecule has 2 N–H and O–H groups in total. The van der Waals surface area contributed by atoms with Crippen molar-refractivity contribution < 1.29 is 27.4 Å². The third-order valence-electron chi connectivity index (χ3n) is 2.48. The number of rotatable bonds is 6. The number of alkyl halides is 3. The smallest absolute Gasteiger partial charge is 0.401 e. The quantitative estimate of drug-likeness (QED) is 0.819. The predicted molar refractivity (Wildman–Crippen MR) is 71.4 cm³/mol. The molecule has 4 nitrogen and oxygen atoms in total. The molecule has 20 heavy (non-hydrogen) atoms. The second kappa shape index (κ2) is 6.65. The van der Waals surface area contributed by atoms with Crippen LogP contribution < -0.4 is 19.9 Å². The van der Waals surface area contributed by atoms with E-state index in [1.165, 1.54) is 26.4 Å². The van der Waals surface area contributed by atoms with Gasteiger partial charge >= 0.3 is 6.18 Å². The van der Waals surface area contributed by atoms with Gasteiger partial charge in [0, 0.05) is 18.2 Å². The van der Waals surface area contributed by atoms with E-state index in [4.69, 9.17) is 19.9 Å². The summed E-state index contributed by atoms with van der Waals surface area (Å²) in [5.74, 6) is -1.03. The monoisotopic (exact) mass is 309 g/mol. The number of thiocarbonyl (C=S) groups is 1. The fourth-order valence-electron chi connectivity index (χ4n) is 1.38. The van der Waals surface area contributed by atoms with Crippen LogP contribution in [0.2, 0.25) is 0 Å². The largest absolute Gasteiger partial charge is 0.496 e. The minimum Gasteiger partial charge on any atom is -0.496 e. The normalized spacial score (nSPS) is 12.7. The lowest BCUT2D eigenvalue weighted by Gasteiger charge is -2.19. The highest BCUT2D eigenvalue weighted by atomic mass is 32.1. The number of halogens is 3. The van der Waals surface area contributed by atoms with Crippen molar-refractivity contribution in [2.45, 2.75) is 6.18 Å². The van der Waals surface area contributed by atoms with Crippen LogP contribution in [0.1, 0.15) is 0 Å². The summed E-state index contributed by atoms with van der Waals surface area (Å²) in [7, 11) is 2.85. The lowest BCUT2D eigenvalue weighted by atomic mass is 10.1. The molecule has 0 bridgehead atoms. The fourth-order valence-corrected chi connectivity index (χ4v) is 1.58. The molecule has 1 atom stereocenters. The van der Waals surface area contributed by atoms with Crippen LogP contribution in [0.3, 0.4) is 0 Å². The van der Waals surface area contributed by atoms with Gasteiger partial charge < -0.3 is 19.9 Å². The molecule has 0 saturated carbocycles. The highest BCUT2D eigenvalue weighted by Gasteiger charge is 2.42. The molecule has 0 aromatic heterocycles. The van der Waals surface area contributed by atoms with Crippen LogP contribution in [0.5, 0.6) is 17.2 Å². The molecular formula is C12H14F3NO3S. The maximum Gasteiger partial charge on any atom is 0.401 e. The summed E-state index contributed by atoms with van der Waals surface area (Å²) in [5, 5.41) is 0. The Labute approximate surface area is 119 Å². The molecule has 0 aliphatic rings. The van der Waals surface area contributed by atoms with E-state index in [1.807, 2.05) is 0 Å². The van der Waals surface area contributed by atoms with Gasteiger partial charge in [-0.1, -0.05) is 12.2 Å².